The molecule has 2 aromatic heterocycles. The van der Waals surface area contributed by atoms with Crippen LogP contribution in [-0.2, 0) is 6.54 Å². The first-order valence-electron chi connectivity index (χ1n) is 7.13. The Hall–Kier alpha value is -3.28. The normalized spacial score (nSPS) is 10.1. The number of hydrogen-bond acceptors (Lipinski definition) is 5. The summed E-state index contributed by atoms with van der Waals surface area (Å²) in [4.78, 5) is 24.4. The largest absolute Gasteiger partial charge is 0.347 e. The zero-order valence-electron chi connectivity index (χ0n) is 12.3. The van der Waals surface area contributed by atoms with Crippen molar-refractivity contribution in [3.8, 4) is 0 Å². The van der Waals surface area contributed by atoms with Crippen LogP contribution in [0.5, 0.6) is 0 Å². The minimum Gasteiger partial charge on any atom is -0.347 e. The van der Waals surface area contributed by atoms with E-state index < -0.39 is 0 Å². The van der Waals surface area contributed by atoms with Gasteiger partial charge in [0.25, 0.3) is 5.91 Å². The van der Waals surface area contributed by atoms with Crippen molar-refractivity contribution in [1.82, 2.24) is 20.3 Å². The van der Waals surface area contributed by atoms with Gasteiger partial charge >= 0.3 is 0 Å². The lowest BCUT2D eigenvalue weighted by molar-refractivity contribution is 0.0946. The molecule has 0 saturated heterocycles. The Bertz CT molecular complexity index is 777. The fourth-order valence-corrected chi connectivity index (χ4v) is 2.00. The lowest BCUT2D eigenvalue weighted by Crippen LogP contribution is -2.23. The third-order valence-electron chi connectivity index (χ3n) is 3.12. The van der Waals surface area contributed by atoms with Crippen LogP contribution in [0.2, 0.25) is 0 Å². The maximum atomic E-state index is 12.2. The lowest BCUT2D eigenvalue weighted by Gasteiger charge is -2.07. The fourth-order valence-electron chi connectivity index (χ4n) is 2.00. The van der Waals surface area contributed by atoms with E-state index in [1.54, 1.807) is 30.5 Å². The zero-order chi connectivity index (χ0) is 15.9. The van der Waals surface area contributed by atoms with Gasteiger partial charge in [0.2, 0.25) is 0 Å². The highest BCUT2D eigenvalue weighted by Crippen LogP contribution is 2.11. The first-order chi connectivity index (χ1) is 11.3. The number of carbonyl (C=O) groups excluding carboxylic acids is 1. The highest BCUT2D eigenvalue weighted by molar-refractivity contribution is 5.92. The van der Waals surface area contributed by atoms with Gasteiger partial charge in [0.1, 0.15) is 23.7 Å². The van der Waals surface area contributed by atoms with Crippen molar-refractivity contribution in [3.63, 3.8) is 0 Å². The number of benzene rings is 1. The van der Waals surface area contributed by atoms with Gasteiger partial charge in [-0.1, -0.05) is 36.4 Å². The van der Waals surface area contributed by atoms with Crippen LogP contribution in [0.4, 0.5) is 11.6 Å². The van der Waals surface area contributed by atoms with Gasteiger partial charge in [0.15, 0.2) is 0 Å². The SMILES string of the molecule is O=C(NCc1ccccc1)c1cccc(Nc2ccncn2)n1. The molecule has 3 rings (SSSR count). The van der Waals surface area contributed by atoms with Gasteiger partial charge in [-0.05, 0) is 23.8 Å². The van der Waals surface area contributed by atoms with Crippen LogP contribution in [0, 0.1) is 0 Å². The molecule has 0 aliphatic rings. The molecule has 1 amide bonds. The van der Waals surface area contributed by atoms with Crippen molar-refractivity contribution < 1.29 is 4.79 Å². The molecule has 6 heteroatoms. The smallest absolute Gasteiger partial charge is 0.270 e. The van der Waals surface area contributed by atoms with Crippen molar-refractivity contribution in [2.45, 2.75) is 6.54 Å². The van der Waals surface area contributed by atoms with E-state index in [1.165, 1.54) is 6.33 Å². The average Bonchev–Trinajstić information content (AvgIpc) is 2.62. The van der Waals surface area contributed by atoms with Crippen molar-refractivity contribution in [2.24, 2.45) is 0 Å². The number of pyridine rings is 1. The molecule has 0 radical (unpaired) electrons. The van der Waals surface area contributed by atoms with Gasteiger partial charge in [0.05, 0.1) is 0 Å². The molecule has 6 nitrogen and oxygen atoms in total. The number of aromatic nitrogens is 3. The summed E-state index contributed by atoms with van der Waals surface area (Å²) in [6, 6.07) is 16.7. The van der Waals surface area contributed by atoms with E-state index in [1.807, 2.05) is 30.3 Å². The van der Waals surface area contributed by atoms with E-state index in [2.05, 4.69) is 25.6 Å². The Kier molecular flexibility index (Phi) is 4.54. The number of rotatable bonds is 5. The van der Waals surface area contributed by atoms with E-state index in [0.717, 1.165) is 5.56 Å². The van der Waals surface area contributed by atoms with E-state index in [0.29, 0.717) is 23.9 Å². The summed E-state index contributed by atoms with van der Waals surface area (Å²) in [6.45, 7) is 0.463. The lowest BCUT2D eigenvalue weighted by atomic mass is 10.2. The summed E-state index contributed by atoms with van der Waals surface area (Å²) in [6.07, 6.45) is 3.07. The molecule has 0 spiro atoms. The Balaban J connectivity index is 1.65. The molecule has 0 fully saturated rings. The van der Waals surface area contributed by atoms with Crippen LogP contribution in [0.15, 0.2) is 67.1 Å². The average molecular weight is 305 g/mol. The molecule has 1 aromatic carbocycles. The molecule has 0 atom stereocenters. The number of anilines is 2. The molecule has 0 aliphatic heterocycles. The molecule has 0 unspecified atom stereocenters. The zero-order valence-corrected chi connectivity index (χ0v) is 12.3. The van der Waals surface area contributed by atoms with Crippen LogP contribution in [-0.4, -0.2) is 20.9 Å². The van der Waals surface area contributed by atoms with Crippen molar-refractivity contribution in [1.29, 1.82) is 0 Å². The number of amides is 1. The quantitative estimate of drug-likeness (QED) is 0.757. The van der Waals surface area contributed by atoms with E-state index >= 15 is 0 Å². The van der Waals surface area contributed by atoms with E-state index in [4.69, 9.17) is 0 Å². The van der Waals surface area contributed by atoms with Crippen LogP contribution >= 0.6 is 0 Å². The summed E-state index contributed by atoms with van der Waals surface area (Å²) < 4.78 is 0. The highest BCUT2D eigenvalue weighted by atomic mass is 16.1. The second kappa shape index (κ2) is 7.13. The van der Waals surface area contributed by atoms with Crippen LogP contribution < -0.4 is 10.6 Å². The first-order valence-corrected chi connectivity index (χ1v) is 7.13. The topological polar surface area (TPSA) is 79.8 Å². The van der Waals surface area contributed by atoms with Crippen molar-refractivity contribution in [2.75, 3.05) is 5.32 Å². The summed E-state index contributed by atoms with van der Waals surface area (Å²) >= 11 is 0. The maximum Gasteiger partial charge on any atom is 0.270 e. The number of nitrogens with zero attached hydrogens (tertiary/aromatic N) is 3. The number of hydrogen-bond donors (Lipinski definition) is 2. The minimum absolute atomic E-state index is 0.222. The Morgan fingerprint density at radius 2 is 1.83 bits per heavy atom. The second-order valence-corrected chi connectivity index (χ2v) is 4.80. The molecule has 2 N–H and O–H groups in total. The summed E-state index contributed by atoms with van der Waals surface area (Å²) in [5, 5.41) is 5.88. The Morgan fingerprint density at radius 1 is 0.957 bits per heavy atom. The van der Waals surface area contributed by atoms with E-state index in [-0.39, 0.29) is 5.91 Å². The monoisotopic (exact) mass is 305 g/mol. The van der Waals surface area contributed by atoms with Gasteiger partial charge in [-0.3, -0.25) is 4.79 Å². The van der Waals surface area contributed by atoms with Gasteiger partial charge in [-0.25, -0.2) is 15.0 Å². The molecular weight excluding hydrogens is 290 g/mol. The van der Waals surface area contributed by atoms with Crippen molar-refractivity contribution >= 4 is 17.5 Å². The first kappa shape index (κ1) is 14.6. The minimum atomic E-state index is -0.222. The van der Waals surface area contributed by atoms with Gasteiger partial charge in [0, 0.05) is 12.7 Å². The third-order valence-corrected chi connectivity index (χ3v) is 3.12. The summed E-state index contributed by atoms with van der Waals surface area (Å²) in [5.41, 5.74) is 1.39. The molecule has 3 aromatic rings. The van der Waals surface area contributed by atoms with E-state index in [9.17, 15) is 4.79 Å². The molecule has 0 aliphatic carbocycles. The maximum absolute atomic E-state index is 12.2. The third kappa shape index (κ3) is 4.10. The molecule has 0 saturated carbocycles. The van der Waals surface area contributed by atoms with Crippen molar-refractivity contribution in [3.05, 3.63) is 78.4 Å². The van der Waals surface area contributed by atoms with Gasteiger partial charge in [-0.2, -0.15) is 0 Å². The number of carbonyl (C=O) groups is 1. The highest BCUT2D eigenvalue weighted by Gasteiger charge is 2.08. The van der Waals surface area contributed by atoms with Crippen LogP contribution in [0.1, 0.15) is 16.1 Å². The molecule has 2 heterocycles. The van der Waals surface area contributed by atoms with Crippen LogP contribution in [0.3, 0.4) is 0 Å². The predicted octanol–water partition coefficient (Wildman–Crippen LogP) is 2.55. The molecular formula is C17H15N5O. The Morgan fingerprint density at radius 3 is 2.61 bits per heavy atom. The van der Waals surface area contributed by atoms with Crippen LogP contribution in [0.25, 0.3) is 0 Å². The molecule has 114 valence electrons. The number of nitrogens with one attached hydrogen (secondary N) is 2. The fraction of sp³-hybridized carbons (Fsp3) is 0.0588. The molecule has 23 heavy (non-hydrogen) atoms. The van der Waals surface area contributed by atoms with Gasteiger partial charge < -0.3 is 10.6 Å². The summed E-state index contributed by atoms with van der Waals surface area (Å²) in [5.74, 6) is 0.950. The predicted molar refractivity (Wildman–Crippen MR) is 87.2 cm³/mol. The molecule has 0 bridgehead atoms. The standard InChI is InChI=1S/C17H15N5O/c23-17(19-11-13-5-2-1-3-6-13)14-7-4-8-16(21-14)22-15-9-10-18-12-20-15/h1-10,12H,11H2,(H,19,23)(H,18,20,21,22). The Labute approximate surface area is 133 Å². The van der Waals surface area contributed by atoms with Gasteiger partial charge in [-0.15, -0.1) is 0 Å². The summed E-state index contributed by atoms with van der Waals surface area (Å²) in [7, 11) is 0. The second-order valence-electron chi connectivity index (χ2n) is 4.80.